The standard InChI is InChI=1S/C11H10Cl2F3NOS/c12-8-2-1-3-9(13)7(8)4-19-5-10(18)17-6-11(14,15)16/h1-3H,4-6H2,(H,17,18). The van der Waals surface area contributed by atoms with E-state index in [4.69, 9.17) is 23.2 Å². The molecule has 2 nitrogen and oxygen atoms in total. The lowest BCUT2D eigenvalue weighted by Gasteiger charge is -2.09. The lowest BCUT2D eigenvalue weighted by Crippen LogP contribution is -2.34. The van der Waals surface area contributed by atoms with Crippen LogP contribution in [0.4, 0.5) is 13.2 Å². The maximum absolute atomic E-state index is 11.9. The topological polar surface area (TPSA) is 29.1 Å². The molecule has 0 aliphatic heterocycles. The van der Waals surface area contributed by atoms with Gasteiger partial charge in [0.25, 0.3) is 0 Å². The molecule has 0 saturated carbocycles. The largest absolute Gasteiger partial charge is 0.405 e. The van der Waals surface area contributed by atoms with Crippen molar-refractivity contribution in [2.75, 3.05) is 12.3 Å². The van der Waals surface area contributed by atoms with Crippen LogP contribution in [0.15, 0.2) is 18.2 Å². The van der Waals surface area contributed by atoms with Gasteiger partial charge in [-0.3, -0.25) is 4.79 Å². The second kappa shape index (κ2) is 7.26. The Labute approximate surface area is 122 Å². The molecule has 1 N–H and O–H groups in total. The molecule has 19 heavy (non-hydrogen) atoms. The minimum absolute atomic E-state index is 0.0857. The van der Waals surface area contributed by atoms with Crippen LogP contribution in [0.3, 0.4) is 0 Å². The zero-order chi connectivity index (χ0) is 14.5. The maximum Gasteiger partial charge on any atom is 0.405 e. The number of alkyl halides is 3. The number of halogens is 5. The van der Waals surface area contributed by atoms with Crippen LogP contribution in [0.2, 0.25) is 10.0 Å². The zero-order valence-corrected chi connectivity index (χ0v) is 11.9. The van der Waals surface area contributed by atoms with Crippen molar-refractivity contribution in [3.63, 3.8) is 0 Å². The predicted octanol–water partition coefficient (Wildman–Crippen LogP) is 3.91. The summed E-state index contributed by atoms with van der Waals surface area (Å²) in [6.45, 7) is -1.32. The number of hydrogen-bond donors (Lipinski definition) is 1. The Balaban J connectivity index is 2.36. The first-order chi connectivity index (χ1) is 8.79. The summed E-state index contributed by atoms with van der Waals surface area (Å²) in [5.41, 5.74) is 0.666. The van der Waals surface area contributed by atoms with E-state index in [1.54, 1.807) is 23.5 Å². The predicted molar refractivity (Wildman–Crippen MR) is 71.7 cm³/mol. The third kappa shape index (κ3) is 6.40. The average Bonchev–Trinajstić information content (AvgIpc) is 2.29. The second-order valence-corrected chi connectivity index (χ2v) is 5.38. The van der Waals surface area contributed by atoms with E-state index in [0.717, 1.165) is 11.8 Å². The van der Waals surface area contributed by atoms with Gasteiger partial charge in [0.05, 0.1) is 5.75 Å². The number of carbonyl (C=O) groups is 1. The zero-order valence-electron chi connectivity index (χ0n) is 9.56. The summed E-state index contributed by atoms with van der Waals surface area (Å²) in [6, 6.07) is 5.01. The van der Waals surface area contributed by atoms with Crippen molar-refractivity contribution in [1.82, 2.24) is 5.32 Å². The molecule has 0 aromatic heterocycles. The van der Waals surface area contributed by atoms with E-state index in [-0.39, 0.29) is 5.75 Å². The van der Waals surface area contributed by atoms with Crippen molar-refractivity contribution in [3.05, 3.63) is 33.8 Å². The van der Waals surface area contributed by atoms with Gasteiger partial charge in [0.2, 0.25) is 5.91 Å². The fraction of sp³-hybridized carbons (Fsp3) is 0.364. The normalized spacial score (nSPS) is 11.4. The monoisotopic (exact) mass is 331 g/mol. The number of benzene rings is 1. The summed E-state index contributed by atoms with van der Waals surface area (Å²) in [7, 11) is 0. The molecule has 1 amide bonds. The highest BCUT2D eigenvalue weighted by Gasteiger charge is 2.27. The number of amides is 1. The van der Waals surface area contributed by atoms with E-state index in [1.807, 2.05) is 0 Å². The van der Waals surface area contributed by atoms with Crippen molar-refractivity contribution in [2.24, 2.45) is 0 Å². The van der Waals surface area contributed by atoms with E-state index < -0.39 is 18.6 Å². The molecular formula is C11H10Cl2F3NOS. The SMILES string of the molecule is O=C(CSCc1c(Cl)cccc1Cl)NCC(F)(F)F. The first kappa shape index (κ1) is 16.5. The minimum atomic E-state index is -4.40. The van der Waals surface area contributed by atoms with Crippen molar-refractivity contribution in [1.29, 1.82) is 0 Å². The molecule has 106 valence electrons. The van der Waals surface area contributed by atoms with E-state index in [1.165, 1.54) is 0 Å². The smallest absolute Gasteiger partial charge is 0.346 e. The third-order valence-corrected chi connectivity index (χ3v) is 3.69. The number of carbonyl (C=O) groups excluding carboxylic acids is 1. The van der Waals surface area contributed by atoms with Gasteiger partial charge in [-0.1, -0.05) is 29.3 Å². The molecule has 1 aromatic rings. The lowest BCUT2D eigenvalue weighted by molar-refractivity contribution is -0.136. The molecule has 0 radical (unpaired) electrons. The molecule has 0 fully saturated rings. The van der Waals surface area contributed by atoms with E-state index in [9.17, 15) is 18.0 Å². The lowest BCUT2D eigenvalue weighted by atomic mass is 10.2. The van der Waals surface area contributed by atoms with Gasteiger partial charge in [0.1, 0.15) is 6.54 Å². The van der Waals surface area contributed by atoms with Crippen LogP contribution in [0.5, 0.6) is 0 Å². The van der Waals surface area contributed by atoms with E-state index in [0.29, 0.717) is 21.4 Å². The van der Waals surface area contributed by atoms with E-state index >= 15 is 0 Å². The van der Waals surface area contributed by atoms with Crippen LogP contribution in [-0.4, -0.2) is 24.4 Å². The number of thioether (sulfide) groups is 1. The van der Waals surface area contributed by atoms with Gasteiger partial charge in [0, 0.05) is 15.8 Å². The molecule has 0 bridgehead atoms. The molecule has 0 heterocycles. The summed E-state index contributed by atoms with van der Waals surface area (Å²) >= 11 is 13.0. The summed E-state index contributed by atoms with van der Waals surface area (Å²) < 4.78 is 35.6. The summed E-state index contributed by atoms with van der Waals surface area (Å²) in [5.74, 6) is -0.402. The van der Waals surface area contributed by atoms with Gasteiger partial charge in [-0.15, -0.1) is 11.8 Å². The fourth-order valence-corrected chi connectivity index (χ4v) is 2.76. The average molecular weight is 332 g/mol. The van der Waals surface area contributed by atoms with Gasteiger partial charge >= 0.3 is 6.18 Å². The Morgan fingerprint density at radius 2 is 1.84 bits per heavy atom. The summed E-state index contributed by atoms with van der Waals surface area (Å²) in [6.07, 6.45) is -4.40. The van der Waals surface area contributed by atoms with Crippen LogP contribution in [-0.2, 0) is 10.5 Å². The highest BCUT2D eigenvalue weighted by molar-refractivity contribution is 7.99. The van der Waals surface area contributed by atoms with Gasteiger partial charge in [0.15, 0.2) is 0 Å². The van der Waals surface area contributed by atoms with E-state index in [2.05, 4.69) is 0 Å². The van der Waals surface area contributed by atoms with Gasteiger partial charge in [-0.2, -0.15) is 13.2 Å². The first-order valence-corrected chi connectivity index (χ1v) is 7.05. The molecular weight excluding hydrogens is 322 g/mol. The van der Waals surface area contributed by atoms with Crippen molar-refractivity contribution < 1.29 is 18.0 Å². The van der Waals surface area contributed by atoms with Crippen molar-refractivity contribution in [2.45, 2.75) is 11.9 Å². The molecule has 0 aliphatic carbocycles. The molecule has 0 aliphatic rings. The Morgan fingerprint density at radius 1 is 1.26 bits per heavy atom. The highest BCUT2D eigenvalue weighted by Crippen LogP contribution is 2.28. The van der Waals surface area contributed by atoms with Crippen LogP contribution in [0.25, 0.3) is 0 Å². The van der Waals surface area contributed by atoms with Crippen LogP contribution >= 0.6 is 35.0 Å². The molecule has 0 spiro atoms. The molecule has 1 rings (SSSR count). The quantitative estimate of drug-likeness (QED) is 0.886. The van der Waals surface area contributed by atoms with Gasteiger partial charge < -0.3 is 5.32 Å². The Morgan fingerprint density at radius 3 is 2.37 bits per heavy atom. The number of rotatable bonds is 5. The third-order valence-electron chi connectivity index (χ3n) is 2.03. The molecule has 1 aromatic carbocycles. The Kier molecular flexibility index (Phi) is 6.29. The van der Waals surface area contributed by atoms with Crippen LogP contribution < -0.4 is 5.32 Å². The maximum atomic E-state index is 11.9. The van der Waals surface area contributed by atoms with Crippen LogP contribution in [0, 0.1) is 0 Å². The molecule has 0 saturated heterocycles. The van der Waals surface area contributed by atoms with Crippen LogP contribution in [0.1, 0.15) is 5.56 Å². The summed E-state index contributed by atoms with van der Waals surface area (Å²) in [5, 5.41) is 2.72. The van der Waals surface area contributed by atoms with Crippen molar-refractivity contribution >= 4 is 40.9 Å². The van der Waals surface area contributed by atoms with Gasteiger partial charge in [-0.05, 0) is 17.7 Å². The molecule has 8 heteroatoms. The fourth-order valence-electron chi connectivity index (χ4n) is 1.17. The summed E-state index contributed by atoms with van der Waals surface area (Å²) in [4.78, 5) is 11.2. The van der Waals surface area contributed by atoms with Gasteiger partial charge in [-0.25, -0.2) is 0 Å². The second-order valence-electron chi connectivity index (χ2n) is 3.58. The highest BCUT2D eigenvalue weighted by atomic mass is 35.5. The first-order valence-electron chi connectivity index (χ1n) is 5.13. The van der Waals surface area contributed by atoms with Crippen molar-refractivity contribution in [3.8, 4) is 0 Å². The Hall–Kier alpha value is -0.590. The number of hydrogen-bond acceptors (Lipinski definition) is 2. The Bertz CT molecular complexity index is 434. The molecule has 0 unspecified atom stereocenters. The molecule has 0 atom stereocenters. The number of nitrogens with one attached hydrogen (secondary N) is 1. The minimum Gasteiger partial charge on any atom is -0.346 e.